The van der Waals surface area contributed by atoms with E-state index in [-0.39, 0.29) is 0 Å². The fourth-order valence-electron chi connectivity index (χ4n) is 1.19. The zero-order chi connectivity index (χ0) is 9.42. The number of benzene rings is 1. The van der Waals surface area contributed by atoms with Gasteiger partial charge in [-0.3, -0.25) is 0 Å². The summed E-state index contributed by atoms with van der Waals surface area (Å²) in [6.07, 6.45) is 2.08. The zero-order valence-electron chi connectivity index (χ0n) is 6.87. The minimum Gasteiger partial charge on any atom is -0.142 e. The van der Waals surface area contributed by atoms with Crippen molar-refractivity contribution in [1.29, 1.82) is 0 Å². The molecule has 1 aromatic heterocycles. The minimum atomic E-state index is 1.06. The molecular weight excluding hydrogens is 284 g/mol. The monoisotopic (exact) mass is 290 g/mol. The van der Waals surface area contributed by atoms with Gasteiger partial charge in [-0.2, -0.15) is 0 Å². The van der Waals surface area contributed by atoms with Crippen LogP contribution in [-0.4, -0.2) is 6.26 Å². The topological polar surface area (TPSA) is 0 Å². The van der Waals surface area contributed by atoms with Crippen molar-refractivity contribution < 1.29 is 0 Å². The van der Waals surface area contributed by atoms with Crippen LogP contribution in [0, 0.1) is 0 Å². The third-order valence-corrected chi connectivity index (χ3v) is 5.53. The maximum atomic E-state index is 4.40. The first kappa shape index (κ1) is 9.90. The molecule has 68 valence electrons. The van der Waals surface area contributed by atoms with Crippen molar-refractivity contribution in [2.45, 2.75) is 9.79 Å². The Morgan fingerprint density at radius 1 is 1.46 bits per heavy atom. The molecule has 2 aromatic rings. The predicted molar refractivity (Wildman–Crippen MR) is 68.6 cm³/mol. The Kier molecular flexibility index (Phi) is 2.93. The first-order valence-corrected chi connectivity index (χ1v) is 7.01. The number of thiol groups is 1. The van der Waals surface area contributed by atoms with E-state index in [1.807, 2.05) is 0 Å². The molecule has 0 amide bonds. The number of rotatable bonds is 1. The summed E-state index contributed by atoms with van der Waals surface area (Å²) in [7, 11) is 0. The molecule has 0 unspecified atom stereocenters. The van der Waals surface area contributed by atoms with E-state index in [2.05, 4.69) is 52.3 Å². The van der Waals surface area contributed by atoms with Gasteiger partial charge >= 0.3 is 0 Å². The third kappa shape index (κ3) is 1.65. The highest BCUT2D eigenvalue weighted by Crippen LogP contribution is 2.39. The standard InChI is InChI=1S/C9H7BrS3/c1-12-7-3-2-5-6(11)4-13-9(5)8(7)10/h2-4,11H,1H3. The fraction of sp³-hybridized carbons (Fsp3) is 0.111. The first-order chi connectivity index (χ1) is 6.24. The molecule has 0 saturated heterocycles. The number of hydrogen-bond donors (Lipinski definition) is 1. The van der Waals surface area contributed by atoms with Gasteiger partial charge in [0.2, 0.25) is 0 Å². The average molecular weight is 291 g/mol. The molecule has 2 rings (SSSR count). The summed E-state index contributed by atoms with van der Waals surface area (Å²) in [5.41, 5.74) is 0. The van der Waals surface area contributed by atoms with Gasteiger partial charge < -0.3 is 0 Å². The van der Waals surface area contributed by atoms with Crippen LogP contribution in [0.4, 0.5) is 0 Å². The van der Waals surface area contributed by atoms with Crippen LogP contribution in [0.1, 0.15) is 0 Å². The van der Waals surface area contributed by atoms with Crippen molar-refractivity contribution in [2.24, 2.45) is 0 Å². The number of halogens is 1. The lowest BCUT2D eigenvalue weighted by atomic mass is 10.3. The molecule has 0 fully saturated rings. The molecule has 0 aliphatic rings. The van der Waals surface area contributed by atoms with Gasteiger partial charge in [-0.1, -0.05) is 6.07 Å². The molecule has 0 N–H and O–H groups in total. The van der Waals surface area contributed by atoms with E-state index in [0.717, 1.165) is 4.90 Å². The highest BCUT2D eigenvalue weighted by molar-refractivity contribution is 9.10. The lowest BCUT2D eigenvalue weighted by Crippen LogP contribution is -1.73. The van der Waals surface area contributed by atoms with Gasteiger partial charge in [0.1, 0.15) is 0 Å². The molecule has 0 aliphatic carbocycles. The van der Waals surface area contributed by atoms with Crippen LogP contribution in [0.2, 0.25) is 0 Å². The van der Waals surface area contributed by atoms with E-state index in [4.69, 9.17) is 0 Å². The molecule has 1 aromatic carbocycles. The molecule has 0 nitrogen and oxygen atoms in total. The van der Waals surface area contributed by atoms with Gasteiger partial charge in [-0.05, 0) is 28.3 Å². The van der Waals surface area contributed by atoms with Crippen molar-refractivity contribution in [3.63, 3.8) is 0 Å². The number of thioether (sulfide) groups is 1. The lowest BCUT2D eigenvalue weighted by molar-refractivity contribution is 1.47. The Morgan fingerprint density at radius 3 is 2.92 bits per heavy atom. The largest absolute Gasteiger partial charge is 0.142 e. The predicted octanol–water partition coefficient (Wildman–Crippen LogP) is 4.67. The van der Waals surface area contributed by atoms with Gasteiger partial charge in [0.15, 0.2) is 0 Å². The summed E-state index contributed by atoms with van der Waals surface area (Å²) in [5.74, 6) is 0. The Balaban J connectivity index is 2.80. The lowest BCUT2D eigenvalue weighted by Gasteiger charge is -2.01. The van der Waals surface area contributed by atoms with Crippen molar-refractivity contribution in [2.75, 3.05) is 6.26 Å². The average Bonchev–Trinajstić information content (AvgIpc) is 2.50. The quantitative estimate of drug-likeness (QED) is 0.588. The second-order valence-corrected chi connectivity index (χ2v) is 5.58. The number of thiophene rings is 1. The van der Waals surface area contributed by atoms with Gasteiger partial charge in [0, 0.05) is 25.0 Å². The minimum absolute atomic E-state index is 1.06. The SMILES string of the molecule is CSc1ccc2c(S)csc2c1Br. The maximum absolute atomic E-state index is 4.40. The number of fused-ring (bicyclic) bond motifs is 1. The van der Waals surface area contributed by atoms with Crippen LogP contribution in [0.3, 0.4) is 0 Å². The van der Waals surface area contributed by atoms with Gasteiger partial charge in [0.05, 0.1) is 4.70 Å². The highest BCUT2D eigenvalue weighted by Gasteiger charge is 2.07. The fourth-order valence-corrected chi connectivity index (χ4v) is 4.15. The highest BCUT2D eigenvalue weighted by atomic mass is 79.9. The first-order valence-electron chi connectivity index (χ1n) is 3.66. The molecule has 0 saturated carbocycles. The Labute approximate surface area is 99.3 Å². The zero-order valence-corrected chi connectivity index (χ0v) is 11.0. The van der Waals surface area contributed by atoms with Gasteiger partial charge in [-0.25, -0.2) is 0 Å². The summed E-state index contributed by atoms with van der Waals surface area (Å²) in [6.45, 7) is 0. The van der Waals surface area contributed by atoms with Crippen LogP contribution in [0.25, 0.3) is 10.1 Å². The van der Waals surface area contributed by atoms with E-state index in [0.29, 0.717) is 0 Å². The molecule has 0 atom stereocenters. The Morgan fingerprint density at radius 2 is 2.23 bits per heavy atom. The molecular formula is C9H7BrS3. The van der Waals surface area contributed by atoms with Crippen LogP contribution >= 0.6 is 51.7 Å². The summed E-state index contributed by atoms with van der Waals surface area (Å²) in [4.78, 5) is 2.34. The van der Waals surface area contributed by atoms with E-state index < -0.39 is 0 Å². The second-order valence-electron chi connectivity index (χ2n) is 2.58. The number of hydrogen-bond acceptors (Lipinski definition) is 3. The van der Waals surface area contributed by atoms with Gasteiger partial charge in [0.25, 0.3) is 0 Å². The van der Waals surface area contributed by atoms with Crippen molar-refractivity contribution in [3.05, 3.63) is 22.0 Å². The molecule has 4 heteroatoms. The molecule has 13 heavy (non-hydrogen) atoms. The Hall–Kier alpha value is 0.360. The maximum Gasteiger partial charge on any atom is 0.0507 e. The molecule has 0 spiro atoms. The van der Waals surface area contributed by atoms with Crippen LogP contribution in [0.5, 0.6) is 0 Å². The molecule has 1 heterocycles. The van der Waals surface area contributed by atoms with E-state index >= 15 is 0 Å². The molecule has 0 aliphatic heterocycles. The van der Waals surface area contributed by atoms with E-state index in [1.54, 1.807) is 23.1 Å². The van der Waals surface area contributed by atoms with Crippen LogP contribution in [0.15, 0.2) is 31.8 Å². The van der Waals surface area contributed by atoms with E-state index in [1.165, 1.54) is 19.5 Å². The molecule has 0 radical (unpaired) electrons. The summed E-state index contributed by atoms with van der Waals surface area (Å²) in [5, 5.41) is 3.31. The Bertz CT molecular complexity index is 447. The second kappa shape index (κ2) is 3.85. The van der Waals surface area contributed by atoms with Crippen molar-refractivity contribution in [3.8, 4) is 0 Å². The van der Waals surface area contributed by atoms with Crippen LogP contribution in [-0.2, 0) is 0 Å². The normalized spacial score (nSPS) is 11.0. The smallest absolute Gasteiger partial charge is 0.0507 e. The van der Waals surface area contributed by atoms with E-state index in [9.17, 15) is 0 Å². The van der Waals surface area contributed by atoms with Crippen molar-refractivity contribution >= 4 is 61.7 Å². The third-order valence-electron chi connectivity index (χ3n) is 1.85. The van der Waals surface area contributed by atoms with Gasteiger partial charge in [-0.15, -0.1) is 35.7 Å². The summed E-state index contributed by atoms with van der Waals surface area (Å²) in [6, 6.07) is 4.26. The van der Waals surface area contributed by atoms with Crippen LogP contribution < -0.4 is 0 Å². The van der Waals surface area contributed by atoms with Crippen molar-refractivity contribution in [1.82, 2.24) is 0 Å². The summed E-state index contributed by atoms with van der Waals surface area (Å²) >= 11 is 11.5. The summed E-state index contributed by atoms with van der Waals surface area (Å²) < 4.78 is 2.49. The molecule has 0 bridgehead atoms.